The summed E-state index contributed by atoms with van der Waals surface area (Å²) in [6.45, 7) is 1.93. The van der Waals surface area contributed by atoms with Crippen molar-refractivity contribution in [3.05, 3.63) is 59.7 Å². The maximum Gasteiger partial charge on any atom is 0.251 e. The molecule has 0 saturated heterocycles. The van der Waals surface area contributed by atoms with Gasteiger partial charge in [-0.05, 0) is 42.7 Å². The van der Waals surface area contributed by atoms with Crippen molar-refractivity contribution in [1.29, 1.82) is 0 Å². The molecule has 2 aromatic rings. The van der Waals surface area contributed by atoms with Crippen molar-refractivity contribution in [2.24, 2.45) is 0 Å². The fraction of sp³-hybridized carbons (Fsp3) is 0.278. The van der Waals surface area contributed by atoms with E-state index in [1.165, 1.54) is 0 Å². The van der Waals surface area contributed by atoms with Gasteiger partial charge in [0.15, 0.2) is 0 Å². The molecule has 0 aromatic heterocycles. The van der Waals surface area contributed by atoms with Gasteiger partial charge in [0.25, 0.3) is 5.91 Å². The lowest BCUT2D eigenvalue weighted by Crippen LogP contribution is -2.29. The lowest BCUT2D eigenvalue weighted by molar-refractivity contribution is 0.0946. The Labute approximate surface area is 142 Å². The third kappa shape index (κ3) is 4.39. The van der Waals surface area contributed by atoms with Gasteiger partial charge in [0.1, 0.15) is 12.4 Å². The molecule has 1 heterocycles. The molecule has 0 aliphatic carbocycles. The van der Waals surface area contributed by atoms with Gasteiger partial charge in [0.05, 0.1) is 6.54 Å². The molecule has 122 valence electrons. The number of nitrogens with one attached hydrogen (secondary N) is 2. The number of rotatable bonds is 5. The summed E-state index contributed by atoms with van der Waals surface area (Å²) in [7, 11) is 0. The predicted molar refractivity (Wildman–Crippen MR) is 94.8 cm³/mol. The second-order valence-electron chi connectivity index (χ2n) is 5.28. The minimum Gasteiger partial charge on any atom is -0.492 e. The zero-order valence-electron chi connectivity index (χ0n) is 12.9. The number of carbonyl (C=O) groups excluding carboxylic acids is 1. The summed E-state index contributed by atoms with van der Waals surface area (Å²) < 4.78 is 5.58. The largest absolute Gasteiger partial charge is 0.492 e. The summed E-state index contributed by atoms with van der Waals surface area (Å²) in [4.78, 5) is 12.3. The van der Waals surface area contributed by atoms with E-state index in [1.54, 1.807) is 0 Å². The molecule has 0 spiro atoms. The molecular formula is C18H21ClN2O2. The molecule has 0 atom stereocenters. The molecule has 1 aliphatic rings. The Balaban J connectivity index is 0.00000192. The fourth-order valence-electron chi connectivity index (χ4n) is 2.67. The number of fused-ring (bicyclic) bond motifs is 1. The van der Waals surface area contributed by atoms with Gasteiger partial charge < -0.3 is 15.4 Å². The summed E-state index contributed by atoms with van der Waals surface area (Å²) in [5, 5.41) is 6.27. The zero-order chi connectivity index (χ0) is 15.2. The van der Waals surface area contributed by atoms with E-state index in [-0.39, 0.29) is 18.3 Å². The molecule has 1 aliphatic heterocycles. The van der Waals surface area contributed by atoms with Gasteiger partial charge in [-0.25, -0.2) is 0 Å². The second-order valence-corrected chi connectivity index (χ2v) is 5.28. The van der Waals surface area contributed by atoms with Crippen molar-refractivity contribution >= 4 is 24.0 Å². The lowest BCUT2D eigenvalue weighted by Gasteiger charge is -2.20. The molecule has 3 rings (SSSR count). The molecule has 4 nitrogen and oxygen atoms in total. The first-order chi connectivity index (χ1) is 10.8. The van der Waals surface area contributed by atoms with Crippen LogP contribution >= 0.6 is 12.4 Å². The van der Waals surface area contributed by atoms with E-state index in [4.69, 9.17) is 4.74 Å². The van der Waals surface area contributed by atoms with Crippen molar-refractivity contribution in [3.8, 4) is 5.75 Å². The SMILES string of the molecule is Cl.O=C(NCCOc1ccccc1)c1cccc2c1CCCN2. The average Bonchev–Trinajstić information content (AvgIpc) is 2.59. The van der Waals surface area contributed by atoms with Crippen LogP contribution < -0.4 is 15.4 Å². The number of halogens is 1. The van der Waals surface area contributed by atoms with E-state index in [9.17, 15) is 4.79 Å². The monoisotopic (exact) mass is 332 g/mol. The number of hydrogen-bond donors (Lipinski definition) is 2. The van der Waals surface area contributed by atoms with Gasteiger partial charge in [-0.1, -0.05) is 24.3 Å². The summed E-state index contributed by atoms with van der Waals surface area (Å²) in [6.07, 6.45) is 2.01. The van der Waals surface area contributed by atoms with Gasteiger partial charge in [-0.2, -0.15) is 0 Å². The molecule has 0 radical (unpaired) electrons. The van der Waals surface area contributed by atoms with Crippen LogP contribution in [0, 0.1) is 0 Å². The Morgan fingerprint density at radius 1 is 1.13 bits per heavy atom. The Bertz CT molecular complexity index is 647. The second kappa shape index (κ2) is 8.44. The summed E-state index contributed by atoms with van der Waals surface area (Å²) in [6, 6.07) is 15.5. The van der Waals surface area contributed by atoms with Gasteiger partial charge in [-0.3, -0.25) is 4.79 Å². The van der Waals surface area contributed by atoms with Crippen LogP contribution in [0.1, 0.15) is 22.3 Å². The first-order valence-corrected chi connectivity index (χ1v) is 7.66. The maximum absolute atomic E-state index is 12.3. The van der Waals surface area contributed by atoms with Gasteiger partial charge >= 0.3 is 0 Å². The molecular weight excluding hydrogens is 312 g/mol. The van der Waals surface area contributed by atoms with Crippen molar-refractivity contribution in [2.75, 3.05) is 25.0 Å². The van der Waals surface area contributed by atoms with E-state index < -0.39 is 0 Å². The van der Waals surface area contributed by atoms with Crippen molar-refractivity contribution in [1.82, 2.24) is 5.32 Å². The van der Waals surface area contributed by atoms with Crippen LogP contribution in [-0.4, -0.2) is 25.6 Å². The molecule has 0 bridgehead atoms. The lowest BCUT2D eigenvalue weighted by atomic mass is 9.97. The van der Waals surface area contributed by atoms with E-state index in [1.807, 2.05) is 48.5 Å². The normalized spacial score (nSPS) is 12.3. The number of para-hydroxylation sites is 1. The first kappa shape index (κ1) is 17.2. The molecule has 5 heteroatoms. The van der Waals surface area contributed by atoms with Crippen LogP contribution in [0.4, 0.5) is 5.69 Å². The highest BCUT2D eigenvalue weighted by Gasteiger charge is 2.16. The Morgan fingerprint density at radius 2 is 1.96 bits per heavy atom. The molecule has 0 fully saturated rings. The van der Waals surface area contributed by atoms with Gasteiger partial charge in [0.2, 0.25) is 0 Å². The van der Waals surface area contributed by atoms with Crippen molar-refractivity contribution in [3.63, 3.8) is 0 Å². The highest BCUT2D eigenvalue weighted by Crippen LogP contribution is 2.25. The summed E-state index contributed by atoms with van der Waals surface area (Å²) >= 11 is 0. The van der Waals surface area contributed by atoms with E-state index in [0.717, 1.165) is 42.0 Å². The molecule has 23 heavy (non-hydrogen) atoms. The quantitative estimate of drug-likeness (QED) is 0.826. The minimum absolute atomic E-state index is 0. The number of anilines is 1. The number of carbonyl (C=O) groups is 1. The standard InChI is InChI=1S/C18H20N2O2.ClH/c21-18(20-12-13-22-14-6-2-1-3-7-14)16-8-4-10-17-15(16)9-5-11-19-17;/h1-4,6-8,10,19H,5,9,11-13H2,(H,20,21);1H. The van der Waals surface area contributed by atoms with Crippen LogP contribution in [0.2, 0.25) is 0 Å². The molecule has 0 unspecified atom stereocenters. The Hall–Kier alpha value is -2.20. The maximum atomic E-state index is 12.3. The Morgan fingerprint density at radius 3 is 2.78 bits per heavy atom. The van der Waals surface area contributed by atoms with Crippen LogP contribution in [-0.2, 0) is 6.42 Å². The molecule has 0 saturated carbocycles. The van der Waals surface area contributed by atoms with Crippen LogP contribution in [0.15, 0.2) is 48.5 Å². The van der Waals surface area contributed by atoms with Crippen molar-refractivity contribution < 1.29 is 9.53 Å². The highest BCUT2D eigenvalue weighted by molar-refractivity contribution is 5.97. The topological polar surface area (TPSA) is 50.4 Å². The highest BCUT2D eigenvalue weighted by atomic mass is 35.5. The smallest absolute Gasteiger partial charge is 0.251 e. The van der Waals surface area contributed by atoms with E-state index in [2.05, 4.69) is 10.6 Å². The third-order valence-electron chi connectivity index (χ3n) is 3.74. The van der Waals surface area contributed by atoms with E-state index >= 15 is 0 Å². The number of ether oxygens (including phenoxy) is 1. The van der Waals surface area contributed by atoms with Crippen LogP contribution in [0.25, 0.3) is 0 Å². The fourth-order valence-corrected chi connectivity index (χ4v) is 2.67. The Kier molecular flexibility index (Phi) is 6.29. The molecule has 2 N–H and O–H groups in total. The number of amides is 1. The zero-order valence-corrected chi connectivity index (χ0v) is 13.7. The number of hydrogen-bond acceptors (Lipinski definition) is 3. The van der Waals surface area contributed by atoms with Gasteiger partial charge in [-0.15, -0.1) is 12.4 Å². The van der Waals surface area contributed by atoms with Crippen LogP contribution in [0.3, 0.4) is 0 Å². The summed E-state index contributed by atoms with van der Waals surface area (Å²) in [5.74, 6) is 0.787. The third-order valence-corrected chi connectivity index (χ3v) is 3.74. The average molecular weight is 333 g/mol. The molecule has 1 amide bonds. The molecule has 2 aromatic carbocycles. The minimum atomic E-state index is -0.0304. The predicted octanol–water partition coefficient (Wildman–Crippen LogP) is 3.28. The first-order valence-electron chi connectivity index (χ1n) is 7.66. The van der Waals surface area contributed by atoms with Crippen LogP contribution in [0.5, 0.6) is 5.75 Å². The van der Waals surface area contributed by atoms with E-state index in [0.29, 0.717) is 13.2 Å². The van der Waals surface area contributed by atoms with Gasteiger partial charge in [0, 0.05) is 17.8 Å². The number of benzene rings is 2. The summed E-state index contributed by atoms with van der Waals surface area (Å²) in [5.41, 5.74) is 2.97. The van der Waals surface area contributed by atoms with Crippen molar-refractivity contribution in [2.45, 2.75) is 12.8 Å².